The molecular weight excluding hydrogens is 322 g/mol. The van der Waals surface area contributed by atoms with Gasteiger partial charge in [-0.25, -0.2) is 0 Å². The van der Waals surface area contributed by atoms with Gasteiger partial charge < -0.3 is 9.72 Å². The van der Waals surface area contributed by atoms with Crippen LogP contribution in [0.2, 0.25) is 0 Å². The molecule has 2 aromatic heterocycles. The van der Waals surface area contributed by atoms with Gasteiger partial charge in [0.1, 0.15) is 5.75 Å². The van der Waals surface area contributed by atoms with Crippen LogP contribution in [0, 0.1) is 0 Å². The number of pyridine rings is 1. The highest BCUT2D eigenvalue weighted by molar-refractivity contribution is 7.99. The number of fused-ring (bicyclic) bond motifs is 1. The maximum Gasteiger partial charge on any atom is 0.182 e. The van der Waals surface area contributed by atoms with Crippen molar-refractivity contribution in [2.24, 2.45) is 0 Å². The van der Waals surface area contributed by atoms with Crippen LogP contribution in [-0.2, 0) is 0 Å². The Morgan fingerprint density at radius 1 is 1.38 bits per heavy atom. The Morgan fingerprint density at radius 2 is 2.29 bits per heavy atom. The average Bonchev–Trinajstić information content (AvgIpc) is 3.28. The average molecular weight is 339 g/mol. The van der Waals surface area contributed by atoms with Gasteiger partial charge in [-0.05, 0) is 23.8 Å². The molecule has 0 spiro atoms. The van der Waals surface area contributed by atoms with Crippen LogP contribution in [0.15, 0.2) is 48.9 Å². The highest BCUT2D eigenvalue weighted by atomic mass is 32.2. The maximum absolute atomic E-state index is 12.9. The third kappa shape index (κ3) is 2.68. The molecule has 0 amide bonds. The van der Waals surface area contributed by atoms with Crippen molar-refractivity contribution in [2.75, 3.05) is 12.9 Å². The first-order valence-electron chi connectivity index (χ1n) is 7.73. The number of thioether (sulfide) groups is 1. The zero-order chi connectivity index (χ0) is 16.5. The number of ketones is 1. The predicted molar refractivity (Wildman–Crippen MR) is 95.5 cm³/mol. The van der Waals surface area contributed by atoms with E-state index in [1.807, 2.05) is 36.5 Å². The molecule has 4 rings (SSSR count). The van der Waals surface area contributed by atoms with Gasteiger partial charge in [0.2, 0.25) is 0 Å². The van der Waals surface area contributed by atoms with Gasteiger partial charge in [0.15, 0.2) is 5.78 Å². The number of hydrogen-bond donors (Lipinski definition) is 2. The Kier molecular flexibility index (Phi) is 4.00. The summed E-state index contributed by atoms with van der Waals surface area (Å²) >= 11 is 1.74. The van der Waals surface area contributed by atoms with Crippen molar-refractivity contribution in [2.45, 2.75) is 11.4 Å². The normalized spacial score (nSPS) is 20.4. The molecule has 1 aliphatic rings. The lowest BCUT2D eigenvalue weighted by Gasteiger charge is -2.12. The van der Waals surface area contributed by atoms with Crippen LogP contribution in [0.4, 0.5) is 0 Å². The van der Waals surface area contributed by atoms with E-state index < -0.39 is 0 Å². The molecule has 1 saturated heterocycles. The number of carbonyl (C=O) groups is 1. The van der Waals surface area contributed by atoms with Gasteiger partial charge in [-0.2, -0.15) is 0 Å². The van der Waals surface area contributed by atoms with Crippen molar-refractivity contribution < 1.29 is 9.53 Å². The van der Waals surface area contributed by atoms with Gasteiger partial charge in [-0.1, -0.05) is 6.07 Å². The molecular formula is C18H17N3O2S. The van der Waals surface area contributed by atoms with Crippen LogP contribution in [0.3, 0.4) is 0 Å². The van der Waals surface area contributed by atoms with Crippen molar-refractivity contribution in [3.05, 3.63) is 60.0 Å². The minimum absolute atomic E-state index is 0.109. The molecule has 6 heteroatoms. The number of aromatic nitrogens is 2. The molecule has 2 unspecified atom stereocenters. The van der Waals surface area contributed by atoms with E-state index in [9.17, 15) is 4.79 Å². The number of aromatic amines is 1. The third-order valence-corrected chi connectivity index (χ3v) is 5.51. The summed E-state index contributed by atoms with van der Waals surface area (Å²) in [5, 5.41) is 4.45. The number of rotatable bonds is 4. The number of benzene rings is 1. The van der Waals surface area contributed by atoms with E-state index in [1.54, 1.807) is 31.3 Å². The van der Waals surface area contributed by atoms with Crippen LogP contribution in [-0.4, -0.2) is 34.7 Å². The van der Waals surface area contributed by atoms with Gasteiger partial charge in [-0.15, -0.1) is 11.8 Å². The first-order chi connectivity index (χ1) is 11.8. The molecule has 0 radical (unpaired) electrons. The van der Waals surface area contributed by atoms with Gasteiger partial charge in [0.05, 0.1) is 18.5 Å². The van der Waals surface area contributed by atoms with Crippen LogP contribution < -0.4 is 10.1 Å². The molecule has 2 atom stereocenters. The van der Waals surface area contributed by atoms with Gasteiger partial charge in [-0.3, -0.25) is 15.1 Å². The van der Waals surface area contributed by atoms with Crippen molar-refractivity contribution in [1.29, 1.82) is 0 Å². The Hall–Kier alpha value is -2.31. The zero-order valence-electron chi connectivity index (χ0n) is 13.2. The molecule has 0 bridgehead atoms. The van der Waals surface area contributed by atoms with E-state index in [-0.39, 0.29) is 17.2 Å². The first-order valence-corrected chi connectivity index (χ1v) is 8.78. The van der Waals surface area contributed by atoms with E-state index in [1.165, 1.54) is 0 Å². The molecule has 3 aromatic rings. The quantitative estimate of drug-likeness (QED) is 0.715. The van der Waals surface area contributed by atoms with Gasteiger partial charge >= 0.3 is 0 Å². The molecule has 5 nitrogen and oxygen atoms in total. The molecule has 3 heterocycles. The van der Waals surface area contributed by atoms with Crippen molar-refractivity contribution in [1.82, 2.24) is 15.3 Å². The number of ether oxygens (including phenoxy) is 1. The second-order valence-corrected chi connectivity index (χ2v) is 6.84. The molecule has 122 valence electrons. The summed E-state index contributed by atoms with van der Waals surface area (Å²) in [7, 11) is 1.63. The van der Waals surface area contributed by atoms with Crippen molar-refractivity contribution in [3.8, 4) is 5.75 Å². The summed E-state index contributed by atoms with van der Waals surface area (Å²) in [5.41, 5.74) is 2.73. The SMILES string of the molecule is COc1ccc2c(C(=O)C3CSC(c4cccnc4)N3)c[nH]c2c1. The maximum atomic E-state index is 12.9. The summed E-state index contributed by atoms with van der Waals surface area (Å²) in [4.78, 5) is 20.2. The monoisotopic (exact) mass is 339 g/mol. The molecule has 1 aliphatic heterocycles. The highest BCUT2D eigenvalue weighted by Crippen LogP contribution is 2.34. The van der Waals surface area contributed by atoms with Crippen molar-refractivity contribution >= 4 is 28.4 Å². The van der Waals surface area contributed by atoms with E-state index >= 15 is 0 Å². The lowest BCUT2D eigenvalue weighted by Crippen LogP contribution is -2.34. The van der Waals surface area contributed by atoms with Crippen molar-refractivity contribution in [3.63, 3.8) is 0 Å². The topological polar surface area (TPSA) is 67.0 Å². The van der Waals surface area contributed by atoms with E-state index in [0.717, 1.165) is 33.5 Å². The fourth-order valence-corrected chi connectivity index (χ4v) is 4.20. The summed E-state index contributed by atoms with van der Waals surface area (Å²) in [5.74, 6) is 1.64. The van der Waals surface area contributed by atoms with Crippen LogP contribution >= 0.6 is 11.8 Å². The Bertz CT molecular complexity index is 878. The largest absolute Gasteiger partial charge is 0.497 e. The minimum Gasteiger partial charge on any atom is -0.497 e. The molecule has 24 heavy (non-hydrogen) atoms. The van der Waals surface area contributed by atoms with Crippen LogP contribution in [0.1, 0.15) is 21.3 Å². The lowest BCUT2D eigenvalue weighted by molar-refractivity contribution is 0.0957. The van der Waals surface area contributed by atoms with Gasteiger partial charge in [0, 0.05) is 46.9 Å². The first kappa shape index (κ1) is 15.2. The number of nitrogens with one attached hydrogen (secondary N) is 2. The summed E-state index contributed by atoms with van der Waals surface area (Å²) in [6.45, 7) is 0. The predicted octanol–water partition coefficient (Wildman–Crippen LogP) is 3.16. The summed E-state index contributed by atoms with van der Waals surface area (Å²) in [6.07, 6.45) is 5.39. The molecule has 0 saturated carbocycles. The number of carbonyl (C=O) groups excluding carboxylic acids is 1. The third-order valence-electron chi connectivity index (χ3n) is 4.24. The Morgan fingerprint density at radius 3 is 3.08 bits per heavy atom. The lowest BCUT2D eigenvalue weighted by atomic mass is 10.0. The summed E-state index contributed by atoms with van der Waals surface area (Å²) < 4.78 is 5.23. The Labute approximate surface area is 143 Å². The van der Waals surface area contributed by atoms with E-state index in [4.69, 9.17) is 4.74 Å². The molecule has 2 N–H and O–H groups in total. The van der Waals surface area contributed by atoms with Gasteiger partial charge in [0.25, 0.3) is 0 Å². The number of H-pyrrole nitrogens is 1. The number of nitrogens with zero attached hydrogens (tertiary/aromatic N) is 1. The minimum atomic E-state index is -0.193. The Balaban J connectivity index is 1.56. The standard InChI is InChI=1S/C18H17N3O2S/c1-23-12-4-5-13-14(9-20-15(13)7-12)17(22)16-10-24-18(21-16)11-3-2-6-19-8-11/h2-9,16,18,20-21H,10H2,1H3. The van der Waals surface area contributed by atoms with E-state index in [0.29, 0.717) is 0 Å². The number of methoxy groups -OCH3 is 1. The van der Waals surface area contributed by atoms with Crippen LogP contribution in [0.5, 0.6) is 5.75 Å². The second kappa shape index (κ2) is 6.30. The van der Waals surface area contributed by atoms with Crippen LogP contribution in [0.25, 0.3) is 10.9 Å². The number of hydrogen-bond acceptors (Lipinski definition) is 5. The smallest absolute Gasteiger partial charge is 0.182 e. The number of Topliss-reactive ketones (excluding diaryl/α,β-unsaturated/α-hetero) is 1. The molecule has 1 aromatic carbocycles. The zero-order valence-corrected chi connectivity index (χ0v) is 14.0. The highest BCUT2D eigenvalue weighted by Gasteiger charge is 2.32. The molecule has 1 fully saturated rings. The summed E-state index contributed by atoms with van der Waals surface area (Å²) in [6, 6.07) is 9.46. The molecule has 0 aliphatic carbocycles. The second-order valence-electron chi connectivity index (χ2n) is 5.70. The van der Waals surface area contributed by atoms with E-state index in [2.05, 4.69) is 15.3 Å². The fraction of sp³-hybridized carbons (Fsp3) is 0.222. The fourth-order valence-electron chi connectivity index (χ4n) is 2.97.